The molecule has 0 saturated heterocycles. The lowest BCUT2D eigenvalue weighted by Gasteiger charge is -2.31. The SMILES string of the molecule is CCCCNC(=O)[C@@H](CC)N(Cc1ccccc1Cl)C(=O)COc1ccc([N+](=O)[O-])c(OC)c1. The van der Waals surface area contributed by atoms with Gasteiger partial charge in [0, 0.05) is 30.2 Å². The Balaban J connectivity index is 2.23. The van der Waals surface area contributed by atoms with Crippen LogP contribution in [0.3, 0.4) is 0 Å². The van der Waals surface area contributed by atoms with E-state index in [1.54, 1.807) is 18.2 Å². The molecule has 0 aliphatic carbocycles. The highest BCUT2D eigenvalue weighted by molar-refractivity contribution is 6.31. The molecular weight excluding hydrogens is 462 g/mol. The van der Waals surface area contributed by atoms with Crippen LogP contribution in [-0.4, -0.2) is 47.9 Å². The van der Waals surface area contributed by atoms with Gasteiger partial charge in [-0.2, -0.15) is 0 Å². The summed E-state index contributed by atoms with van der Waals surface area (Å²) in [4.78, 5) is 38.1. The fourth-order valence-electron chi connectivity index (χ4n) is 3.36. The number of nitro groups is 1. The number of nitrogens with one attached hydrogen (secondary N) is 1. The number of unbranched alkanes of at least 4 members (excludes halogenated alkanes) is 1. The smallest absolute Gasteiger partial charge is 0.311 e. The monoisotopic (exact) mass is 491 g/mol. The van der Waals surface area contributed by atoms with E-state index in [1.807, 2.05) is 19.9 Å². The number of rotatable bonds is 13. The Morgan fingerprint density at radius 2 is 1.94 bits per heavy atom. The lowest BCUT2D eigenvalue weighted by molar-refractivity contribution is -0.385. The van der Waals surface area contributed by atoms with Gasteiger partial charge in [-0.15, -0.1) is 0 Å². The predicted molar refractivity (Wildman–Crippen MR) is 129 cm³/mol. The number of carbonyl (C=O) groups is 2. The number of nitro benzene ring substituents is 1. The van der Waals surface area contributed by atoms with Crippen molar-refractivity contribution >= 4 is 29.1 Å². The quantitative estimate of drug-likeness (QED) is 0.253. The van der Waals surface area contributed by atoms with Crippen LogP contribution in [-0.2, 0) is 16.1 Å². The Bertz CT molecular complexity index is 1000. The second kappa shape index (κ2) is 13.4. The van der Waals surface area contributed by atoms with E-state index in [0.29, 0.717) is 23.6 Å². The summed E-state index contributed by atoms with van der Waals surface area (Å²) in [7, 11) is 1.31. The summed E-state index contributed by atoms with van der Waals surface area (Å²) < 4.78 is 10.7. The van der Waals surface area contributed by atoms with Gasteiger partial charge in [0.25, 0.3) is 5.91 Å². The average Bonchev–Trinajstić information content (AvgIpc) is 2.83. The number of hydrogen-bond donors (Lipinski definition) is 1. The van der Waals surface area contributed by atoms with E-state index < -0.39 is 16.9 Å². The number of halogens is 1. The van der Waals surface area contributed by atoms with E-state index in [9.17, 15) is 19.7 Å². The van der Waals surface area contributed by atoms with Gasteiger partial charge in [0.05, 0.1) is 12.0 Å². The van der Waals surface area contributed by atoms with Crippen LogP contribution in [0.25, 0.3) is 0 Å². The van der Waals surface area contributed by atoms with Gasteiger partial charge < -0.3 is 19.7 Å². The van der Waals surface area contributed by atoms with Crippen molar-refractivity contribution in [1.29, 1.82) is 0 Å². The van der Waals surface area contributed by atoms with Gasteiger partial charge in [0.15, 0.2) is 6.61 Å². The Labute approximate surface area is 204 Å². The predicted octanol–water partition coefficient (Wildman–Crippen LogP) is 4.36. The molecule has 2 rings (SSSR count). The van der Waals surface area contributed by atoms with Crippen LogP contribution in [0, 0.1) is 10.1 Å². The number of carbonyl (C=O) groups excluding carboxylic acids is 2. The first-order chi connectivity index (χ1) is 16.3. The van der Waals surface area contributed by atoms with E-state index in [1.165, 1.54) is 30.2 Å². The largest absolute Gasteiger partial charge is 0.490 e. The van der Waals surface area contributed by atoms with Gasteiger partial charge in [0.2, 0.25) is 11.7 Å². The van der Waals surface area contributed by atoms with Gasteiger partial charge in [-0.25, -0.2) is 0 Å². The van der Waals surface area contributed by atoms with Gasteiger partial charge in [-0.3, -0.25) is 19.7 Å². The molecule has 1 N–H and O–H groups in total. The molecule has 0 saturated carbocycles. The molecule has 0 radical (unpaired) electrons. The first kappa shape index (κ1) is 26.9. The highest BCUT2D eigenvalue weighted by Gasteiger charge is 2.29. The molecule has 0 aromatic heterocycles. The summed E-state index contributed by atoms with van der Waals surface area (Å²) in [5, 5.41) is 14.5. The van der Waals surface area contributed by atoms with Crippen molar-refractivity contribution in [3.05, 3.63) is 63.2 Å². The molecule has 0 unspecified atom stereocenters. The topological polar surface area (TPSA) is 111 Å². The van der Waals surface area contributed by atoms with Crippen LogP contribution in [0.4, 0.5) is 5.69 Å². The minimum Gasteiger partial charge on any atom is -0.490 e. The van der Waals surface area contributed by atoms with Crippen molar-refractivity contribution in [2.45, 2.75) is 45.7 Å². The number of nitrogens with zero attached hydrogens (tertiary/aromatic N) is 2. The molecule has 0 aliphatic rings. The second-order valence-electron chi connectivity index (χ2n) is 7.56. The summed E-state index contributed by atoms with van der Waals surface area (Å²) in [6.45, 7) is 4.15. The molecule has 0 bridgehead atoms. The molecule has 2 aromatic rings. The second-order valence-corrected chi connectivity index (χ2v) is 7.97. The van der Waals surface area contributed by atoms with E-state index in [2.05, 4.69) is 5.32 Å². The number of methoxy groups -OCH3 is 1. The lowest BCUT2D eigenvalue weighted by Crippen LogP contribution is -2.50. The molecular formula is C24H30ClN3O6. The standard InChI is InChI=1S/C24H30ClN3O6/c1-4-6-13-26-24(30)20(5-2)27(15-17-9-7-8-10-19(17)25)23(29)16-34-18-11-12-21(28(31)32)22(14-18)33-3/h7-12,14,20H,4-6,13,15-16H2,1-3H3,(H,26,30)/t20-/m1/s1. The molecule has 184 valence electrons. The first-order valence-corrected chi connectivity index (χ1v) is 11.5. The Hall–Kier alpha value is -3.33. The normalized spacial score (nSPS) is 11.4. The van der Waals surface area contributed by atoms with Crippen LogP contribution in [0.15, 0.2) is 42.5 Å². The number of amides is 2. The fraction of sp³-hybridized carbons (Fsp3) is 0.417. The highest BCUT2D eigenvalue weighted by Crippen LogP contribution is 2.31. The van der Waals surface area contributed by atoms with Crippen molar-refractivity contribution in [3.63, 3.8) is 0 Å². The maximum atomic E-state index is 13.2. The molecule has 0 fully saturated rings. The summed E-state index contributed by atoms with van der Waals surface area (Å²) in [6.07, 6.45) is 2.18. The van der Waals surface area contributed by atoms with Crippen LogP contribution >= 0.6 is 11.6 Å². The van der Waals surface area contributed by atoms with E-state index in [-0.39, 0.29) is 36.2 Å². The summed E-state index contributed by atoms with van der Waals surface area (Å²) >= 11 is 6.31. The first-order valence-electron chi connectivity index (χ1n) is 11.1. The van der Waals surface area contributed by atoms with E-state index in [0.717, 1.165) is 12.8 Å². The van der Waals surface area contributed by atoms with Crippen molar-refractivity contribution in [1.82, 2.24) is 10.2 Å². The van der Waals surface area contributed by atoms with Gasteiger partial charge >= 0.3 is 5.69 Å². The third kappa shape index (κ3) is 7.34. The number of hydrogen-bond acceptors (Lipinski definition) is 6. The third-order valence-corrected chi connectivity index (χ3v) is 5.59. The highest BCUT2D eigenvalue weighted by atomic mass is 35.5. The zero-order valence-electron chi connectivity index (χ0n) is 19.6. The molecule has 2 aromatic carbocycles. The molecule has 9 nitrogen and oxygen atoms in total. The maximum Gasteiger partial charge on any atom is 0.311 e. The van der Waals surface area contributed by atoms with Crippen LogP contribution < -0.4 is 14.8 Å². The molecule has 1 atom stereocenters. The maximum absolute atomic E-state index is 13.2. The molecule has 2 amide bonds. The Morgan fingerprint density at radius 3 is 2.56 bits per heavy atom. The number of ether oxygens (including phenoxy) is 2. The van der Waals surface area contributed by atoms with Crippen molar-refractivity contribution in [2.75, 3.05) is 20.3 Å². The molecule has 34 heavy (non-hydrogen) atoms. The van der Waals surface area contributed by atoms with Crippen molar-refractivity contribution in [2.24, 2.45) is 0 Å². The van der Waals surface area contributed by atoms with Gasteiger partial charge in [0.1, 0.15) is 11.8 Å². The molecule has 0 aliphatic heterocycles. The summed E-state index contributed by atoms with van der Waals surface area (Å²) in [6, 6.07) is 10.4. The average molecular weight is 492 g/mol. The van der Waals surface area contributed by atoms with Gasteiger partial charge in [-0.05, 0) is 30.5 Å². The van der Waals surface area contributed by atoms with Crippen molar-refractivity contribution in [3.8, 4) is 11.5 Å². The zero-order chi connectivity index (χ0) is 25.1. The van der Waals surface area contributed by atoms with E-state index in [4.69, 9.17) is 21.1 Å². The van der Waals surface area contributed by atoms with Crippen LogP contribution in [0.1, 0.15) is 38.7 Å². The Morgan fingerprint density at radius 1 is 1.21 bits per heavy atom. The molecule has 0 heterocycles. The van der Waals surface area contributed by atoms with Crippen LogP contribution in [0.2, 0.25) is 5.02 Å². The molecule has 10 heteroatoms. The fourth-order valence-corrected chi connectivity index (χ4v) is 3.56. The lowest BCUT2D eigenvalue weighted by atomic mass is 10.1. The Kier molecular flexibility index (Phi) is 10.6. The van der Waals surface area contributed by atoms with Crippen LogP contribution in [0.5, 0.6) is 11.5 Å². The third-order valence-electron chi connectivity index (χ3n) is 5.22. The molecule has 0 spiro atoms. The zero-order valence-corrected chi connectivity index (χ0v) is 20.3. The minimum atomic E-state index is -0.712. The summed E-state index contributed by atoms with van der Waals surface area (Å²) in [5.74, 6) is -0.415. The minimum absolute atomic E-state index is 0.0182. The van der Waals surface area contributed by atoms with E-state index >= 15 is 0 Å². The van der Waals surface area contributed by atoms with Crippen molar-refractivity contribution < 1.29 is 24.0 Å². The number of benzene rings is 2. The summed E-state index contributed by atoms with van der Waals surface area (Å²) in [5.41, 5.74) is 0.491. The van der Waals surface area contributed by atoms with Gasteiger partial charge in [-0.1, -0.05) is 50.1 Å².